The lowest BCUT2D eigenvalue weighted by atomic mass is 10.00. The van der Waals surface area contributed by atoms with Crippen LogP contribution in [-0.2, 0) is 4.74 Å². The number of nitrogens with zero attached hydrogens (tertiary/aromatic N) is 1. The second-order valence-electron chi connectivity index (χ2n) is 5.69. The first-order valence-electron chi connectivity index (χ1n) is 6.55. The van der Waals surface area contributed by atoms with E-state index in [9.17, 15) is 0 Å². The average Bonchev–Trinajstić information content (AvgIpc) is 2.17. The summed E-state index contributed by atoms with van der Waals surface area (Å²) in [6, 6.07) is 0. The van der Waals surface area contributed by atoms with E-state index in [4.69, 9.17) is 4.74 Å². The molecule has 1 saturated heterocycles. The Bertz CT molecular complexity index is 188. The van der Waals surface area contributed by atoms with Gasteiger partial charge in [0.15, 0.2) is 0 Å². The molecule has 96 valence electrons. The third-order valence-electron chi connectivity index (χ3n) is 3.15. The number of likely N-dealkylation sites (N-methyl/N-ethyl adjacent to an activating group) is 2. The fourth-order valence-corrected chi connectivity index (χ4v) is 2.67. The summed E-state index contributed by atoms with van der Waals surface area (Å²) in [6.07, 6.45) is 2.56. The monoisotopic (exact) mass is 228 g/mol. The molecule has 0 radical (unpaired) electrons. The van der Waals surface area contributed by atoms with Crippen LogP contribution >= 0.6 is 0 Å². The third-order valence-corrected chi connectivity index (χ3v) is 3.15. The Morgan fingerprint density at radius 1 is 1.44 bits per heavy atom. The fourth-order valence-electron chi connectivity index (χ4n) is 2.67. The van der Waals surface area contributed by atoms with E-state index in [1.165, 1.54) is 12.8 Å². The Labute approximate surface area is 101 Å². The van der Waals surface area contributed by atoms with E-state index < -0.39 is 0 Å². The average molecular weight is 228 g/mol. The summed E-state index contributed by atoms with van der Waals surface area (Å²) < 4.78 is 5.52. The molecule has 0 aliphatic carbocycles. The minimum Gasteiger partial charge on any atom is -0.381 e. The highest BCUT2D eigenvalue weighted by molar-refractivity contribution is 4.81. The van der Waals surface area contributed by atoms with Crippen LogP contribution in [0.3, 0.4) is 0 Å². The minimum atomic E-state index is 0.207. The van der Waals surface area contributed by atoms with Gasteiger partial charge in [0.1, 0.15) is 0 Å². The van der Waals surface area contributed by atoms with Crippen molar-refractivity contribution in [2.75, 3.05) is 39.9 Å². The standard InChI is InChI=1S/C13H28N2O/c1-5-14-13(2,3)11-15(4)9-12-7-6-8-16-10-12/h12,14H,5-11H2,1-4H3. The van der Waals surface area contributed by atoms with Crippen molar-refractivity contribution in [1.82, 2.24) is 10.2 Å². The molecule has 0 amide bonds. The van der Waals surface area contributed by atoms with Crippen LogP contribution in [0.25, 0.3) is 0 Å². The highest BCUT2D eigenvalue weighted by Gasteiger charge is 2.21. The van der Waals surface area contributed by atoms with Gasteiger partial charge >= 0.3 is 0 Å². The number of hydrogen-bond acceptors (Lipinski definition) is 3. The van der Waals surface area contributed by atoms with Crippen LogP contribution in [0.2, 0.25) is 0 Å². The summed E-state index contributed by atoms with van der Waals surface area (Å²) in [5.41, 5.74) is 0.207. The summed E-state index contributed by atoms with van der Waals surface area (Å²) in [6.45, 7) is 11.9. The van der Waals surface area contributed by atoms with Gasteiger partial charge in [-0.1, -0.05) is 6.92 Å². The minimum absolute atomic E-state index is 0.207. The Kier molecular flexibility index (Phi) is 5.73. The highest BCUT2D eigenvalue weighted by atomic mass is 16.5. The molecular formula is C13H28N2O. The molecule has 1 rings (SSSR count). The van der Waals surface area contributed by atoms with Gasteiger partial charge in [-0.2, -0.15) is 0 Å². The van der Waals surface area contributed by atoms with Gasteiger partial charge in [-0.05, 0) is 46.2 Å². The first-order valence-corrected chi connectivity index (χ1v) is 6.55. The Hall–Kier alpha value is -0.120. The summed E-state index contributed by atoms with van der Waals surface area (Å²) >= 11 is 0. The molecule has 1 heterocycles. The number of nitrogens with one attached hydrogen (secondary N) is 1. The molecule has 3 heteroatoms. The SMILES string of the molecule is CCNC(C)(C)CN(C)CC1CCCOC1. The molecule has 1 aliphatic heterocycles. The van der Waals surface area contributed by atoms with Crippen LogP contribution in [0.4, 0.5) is 0 Å². The highest BCUT2D eigenvalue weighted by Crippen LogP contribution is 2.15. The molecule has 1 aliphatic rings. The van der Waals surface area contributed by atoms with Crippen molar-refractivity contribution in [3.05, 3.63) is 0 Å². The van der Waals surface area contributed by atoms with Crippen molar-refractivity contribution >= 4 is 0 Å². The summed E-state index contributed by atoms with van der Waals surface area (Å²) in [4.78, 5) is 2.43. The van der Waals surface area contributed by atoms with Gasteiger partial charge in [0.25, 0.3) is 0 Å². The van der Waals surface area contributed by atoms with Crippen LogP contribution in [0.5, 0.6) is 0 Å². The molecular weight excluding hydrogens is 200 g/mol. The zero-order chi connectivity index (χ0) is 12.0. The molecule has 1 unspecified atom stereocenters. The second-order valence-corrected chi connectivity index (χ2v) is 5.69. The van der Waals surface area contributed by atoms with Gasteiger partial charge in [-0.25, -0.2) is 0 Å². The lowest BCUT2D eigenvalue weighted by molar-refractivity contribution is 0.0391. The van der Waals surface area contributed by atoms with Gasteiger partial charge < -0.3 is 15.0 Å². The summed E-state index contributed by atoms with van der Waals surface area (Å²) in [7, 11) is 2.22. The van der Waals surface area contributed by atoms with Crippen molar-refractivity contribution < 1.29 is 4.74 Å². The Morgan fingerprint density at radius 2 is 2.19 bits per heavy atom. The molecule has 16 heavy (non-hydrogen) atoms. The lowest BCUT2D eigenvalue weighted by Crippen LogP contribution is -2.49. The van der Waals surface area contributed by atoms with Gasteiger partial charge in [-0.3, -0.25) is 0 Å². The molecule has 0 aromatic heterocycles. The molecule has 0 bridgehead atoms. The van der Waals surface area contributed by atoms with E-state index in [-0.39, 0.29) is 5.54 Å². The van der Waals surface area contributed by atoms with Crippen LogP contribution in [0.1, 0.15) is 33.6 Å². The number of ether oxygens (including phenoxy) is 1. The van der Waals surface area contributed by atoms with Crippen LogP contribution < -0.4 is 5.32 Å². The first-order chi connectivity index (χ1) is 7.53. The molecule has 3 nitrogen and oxygen atoms in total. The van der Waals surface area contributed by atoms with E-state index in [1.54, 1.807) is 0 Å². The summed E-state index contributed by atoms with van der Waals surface area (Å²) in [5.74, 6) is 0.733. The van der Waals surface area contributed by atoms with Crippen LogP contribution in [-0.4, -0.2) is 50.3 Å². The molecule has 1 atom stereocenters. The molecule has 1 fully saturated rings. The van der Waals surface area contributed by atoms with Crippen LogP contribution in [0, 0.1) is 5.92 Å². The van der Waals surface area contributed by atoms with E-state index >= 15 is 0 Å². The van der Waals surface area contributed by atoms with Crippen molar-refractivity contribution in [2.24, 2.45) is 5.92 Å². The maximum atomic E-state index is 5.52. The Balaban J connectivity index is 2.25. The largest absolute Gasteiger partial charge is 0.381 e. The third kappa shape index (κ3) is 5.28. The molecule has 0 spiro atoms. The molecule has 1 N–H and O–H groups in total. The second kappa shape index (κ2) is 6.58. The predicted octanol–water partition coefficient (Wildman–Crippen LogP) is 1.73. The number of hydrogen-bond donors (Lipinski definition) is 1. The fraction of sp³-hybridized carbons (Fsp3) is 1.00. The normalized spacial score (nSPS) is 22.7. The summed E-state index contributed by atoms with van der Waals surface area (Å²) in [5, 5.41) is 3.52. The maximum Gasteiger partial charge on any atom is 0.0506 e. The molecule has 0 aromatic rings. The van der Waals surface area contributed by atoms with Crippen molar-refractivity contribution in [2.45, 2.75) is 39.2 Å². The quantitative estimate of drug-likeness (QED) is 0.749. The van der Waals surface area contributed by atoms with Gasteiger partial charge in [0.2, 0.25) is 0 Å². The zero-order valence-corrected chi connectivity index (χ0v) is 11.4. The molecule has 0 aromatic carbocycles. The smallest absolute Gasteiger partial charge is 0.0506 e. The van der Waals surface area contributed by atoms with E-state index in [0.717, 1.165) is 38.8 Å². The van der Waals surface area contributed by atoms with E-state index in [0.29, 0.717) is 0 Å². The first kappa shape index (κ1) is 13.9. The van der Waals surface area contributed by atoms with Crippen molar-refractivity contribution in [3.63, 3.8) is 0 Å². The van der Waals surface area contributed by atoms with Gasteiger partial charge in [0.05, 0.1) is 6.61 Å². The van der Waals surface area contributed by atoms with Gasteiger partial charge in [0, 0.05) is 25.2 Å². The van der Waals surface area contributed by atoms with E-state index in [1.807, 2.05) is 0 Å². The Morgan fingerprint density at radius 3 is 2.75 bits per heavy atom. The van der Waals surface area contributed by atoms with E-state index in [2.05, 4.69) is 38.0 Å². The maximum absolute atomic E-state index is 5.52. The zero-order valence-electron chi connectivity index (χ0n) is 11.4. The number of rotatable bonds is 6. The lowest BCUT2D eigenvalue weighted by Gasteiger charge is -2.34. The van der Waals surface area contributed by atoms with Crippen LogP contribution in [0.15, 0.2) is 0 Å². The van der Waals surface area contributed by atoms with Crippen molar-refractivity contribution in [3.8, 4) is 0 Å². The van der Waals surface area contributed by atoms with Gasteiger partial charge in [-0.15, -0.1) is 0 Å². The predicted molar refractivity (Wildman–Crippen MR) is 68.8 cm³/mol. The molecule has 0 saturated carbocycles. The van der Waals surface area contributed by atoms with Crippen molar-refractivity contribution in [1.29, 1.82) is 0 Å². The topological polar surface area (TPSA) is 24.5 Å².